The van der Waals surface area contributed by atoms with Crippen molar-refractivity contribution in [3.05, 3.63) is 70.0 Å². The molecule has 1 fully saturated rings. The zero-order valence-electron chi connectivity index (χ0n) is 17.3. The quantitative estimate of drug-likeness (QED) is 0.658. The third-order valence-electron chi connectivity index (χ3n) is 5.20. The van der Waals surface area contributed by atoms with Crippen molar-refractivity contribution in [1.29, 1.82) is 0 Å². The molecule has 1 saturated heterocycles. The lowest BCUT2D eigenvalue weighted by atomic mass is 10.0. The van der Waals surface area contributed by atoms with Crippen molar-refractivity contribution in [2.45, 2.75) is 13.8 Å². The van der Waals surface area contributed by atoms with Crippen molar-refractivity contribution in [2.75, 3.05) is 31.6 Å². The first kappa shape index (κ1) is 21.1. The highest BCUT2D eigenvalue weighted by Crippen LogP contribution is 2.29. The summed E-state index contributed by atoms with van der Waals surface area (Å²) < 4.78 is 18.5. The van der Waals surface area contributed by atoms with E-state index in [4.69, 9.17) is 4.74 Å². The van der Waals surface area contributed by atoms with E-state index < -0.39 is 0 Å². The zero-order valence-corrected chi connectivity index (χ0v) is 18.1. The Morgan fingerprint density at radius 2 is 1.81 bits per heavy atom. The Morgan fingerprint density at radius 3 is 2.52 bits per heavy atom. The first-order valence-electron chi connectivity index (χ1n) is 9.95. The number of carbonyl (C=O) groups excluding carboxylic acids is 2. The predicted octanol–water partition coefficient (Wildman–Crippen LogP) is 4.29. The van der Waals surface area contributed by atoms with E-state index in [0.717, 1.165) is 5.56 Å². The molecule has 0 atom stereocenters. The van der Waals surface area contributed by atoms with Gasteiger partial charge in [-0.3, -0.25) is 9.59 Å². The molecule has 8 heteroatoms. The van der Waals surface area contributed by atoms with Gasteiger partial charge in [0.2, 0.25) is 0 Å². The molecule has 1 aromatic heterocycles. The molecule has 6 nitrogen and oxygen atoms in total. The predicted molar refractivity (Wildman–Crippen MR) is 118 cm³/mol. The maximum absolute atomic E-state index is 13.2. The number of anilines is 1. The van der Waals surface area contributed by atoms with E-state index in [0.29, 0.717) is 58.7 Å². The molecule has 0 bridgehead atoms. The number of nitrogens with zero attached hydrogens (tertiary/aromatic N) is 2. The van der Waals surface area contributed by atoms with Crippen molar-refractivity contribution in [2.24, 2.45) is 0 Å². The highest BCUT2D eigenvalue weighted by atomic mass is 32.1. The highest BCUT2D eigenvalue weighted by molar-refractivity contribution is 7.17. The largest absolute Gasteiger partial charge is 0.378 e. The number of ether oxygens (including phenoxy) is 1. The molecule has 0 radical (unpaired) electrons. The van der Waals surface area contributed by atoms with Crippen molar-refractivity contribution >= 4 is 28.8 Å². The van der Waals surface area contributed by atoms with Gasteiger partial charge in [0.1, 0.15) is 15.7 Å². The summed E-state index contributed by atoms with van der Waals surface area (Å²) in [7, 11) is 0. The van der Waals surface area contributed by atoms with Crippen LogP contribution in [0.4, 0.5) is 10.1 Å². The molecular formula is C23H22FN3O3S. The minimum absolute atomic E-state index is 0.0653. The van der Waals surface area contributed by atoms with Crippen LogP contribution in [-0.2, 0) is 4.74 Å². The third-order valence-corrected chi connectivity index (χ3v) is 6.41. The van der Waals surface area contributed by atoms with Crippen molar-refractivity contribution in [3.63, 3.8) is 0 Å². The minimum atomic E-state index is -0.322. The lowest BCUT2D eigenvalue weighted by molar-refractivity contribution is 0.0302. The minimum Gasteiger partial charge on any atom is -0.378 e. The van der Waals surface area contributed by atoms with Crippen LogP contribution in [0.5, 0.6) is 0 Å². The Labute approximate surface area is 183 Å². The summed E-state index contributed by atoms with van der Waals surface area (Å²) in [4.78, 5) is 32.6. The van der Waals surface area contributed by atoms with E-state index >= 15 is 0 Å². The lowest BCUT2D eigenvalue weighted by Crippen LogP contribution is -2.41. The Kier molecular flexibility index (Phi) is 6.11. The van der Waals surface area contributed by atoms with Crippen molar-refractivity contribution in [1.82, 2.24) is 9.88 Å². The number of aryl methyl sites for hydroxylation is 1. The van der Waals surface area contributed by atoms with E-state index in [2.05, 4.69) is 10.3 Å². The zero-order chi connectivity index (χ0) is 22.0. The van der Waals surface area contributed by atoms with Gasteiger partial charge in [-0.1, -0.05) is 6.07 Å². The maximum Gasteiger partial charge on any atom is 0.267 e. The lowest BCUT2D eigenvalue weighted by Gasteiger charge is -2.27. The summed E-state index contributed by atoms with van der Waals surface area (Å²) in [6.07, 6.45) is 0. The number of carbonyl (C=O) groups is 2. The number of morpholine rings is 1. The molecular weight excluding hydrogens is 417 g/mol. The summed E-state index contributed by atoms with van der Waals surface area (Å²) >= 11 is 1.25. The first-order chi connectivity index (χ1) is 14.9. The molecule has 4 rings (SSSR count). The van der Waals surface area contributed by atoms with Crippen LogP contribution in [0.1, 0.15) is 31.3 Å². The average Bonchev–Trinajstić information content (AvgIpc) is 3.17. The van der Waals surface area contributed by atoms with E-state index in [1.165, 1.54) is 23.5 Å². The number of hydrogen-bond acceptors (Lipinski definition) is 5. The van der Waals surface area contributed by atoms with Gasteiger partial charge >= 0.3 is 0 Å². The molecule has 1 aliphatic rings. The molecule has 0 aliphatic carbocycles. The fourth-order valence-corrected chi connectivity index (χ4v) is 4.41. The molecule has 2 amide bonds. The number of hydrogen-bond donors (Lipinski definition) is 1. The van der Waals surface area contributed by atoms with Crippen LogP contribution in [0, 0.1) is 19.7 Å². The van der Waals surface area contributed by atoms with Gasteiger partial charge in [0.05, 0.1) is 18.9 Å². The number of benzene rings is 2. The SMILES string of the molecule is Cc1nc(-c2ccc(F)cc2)sc1C(=O)Nc1cccc(C(=O)N2CCOCC2)c1C. The molecule has 1 N–H and O–H groups in total. The summed E-state index contributed by atoms with van der Waals surface area (Å²) in [6.45, 7) is 5.77. The van der Waals surface area contributed by atoms with Gasteiger partial charge in [0.15, 0.2) is 0 Å². The number of nitrogens with one attached hydrogen (secondary N) is 1. The number of thiazole rings is 1. The van der Waals surface area contributed by atoms with E-state index in [-0.39, 0.29) is 17.6 Å². The molecule has 160 valence electrons. The van der Waals surface area contributed by atoms with Crippen LogP contribution in [0.25, 0.3) is 10.6 Å². The van der Waals surface area contributed by atoms with Crippen LogP contribution in [0.15, 0.2) is 42.5 Å². The molecule has 0 unspecified atom stereocenters. The number of halogens is 1. The maximum atomic E-state index is 13.2. The first-order valence-corrected chi connectivity index (χ1v) is 10.8. The fourth-order valence-electron chi connectivity index (χ4n) is 3.44. The van der Waals surface area contributed by atoms with Crippen LogP contribution in [0.3, 0.4) is 0 Å². The van der Waals surface area contributed by atoms with Gasteiger partial charge in [-0.15, -0.1) is 11.3 Å². The van der Waals surface area contributed by atoms with Gasteiger partial charge < -0.3 is 15.0 Å². The normalized spacial score (nSPS) is 13.8. The van der Waals surface area contributed by atoms with Gasteiger partial charge in [-0.2, -0.15) is 0 Å². The van der Waals surface area contributed by atoms with Gasteiger partial charge in [0.25, 0.3) is 11.8 Å². The van der Waals surface area contributed by atoms with Gasteiger partial charge in [-0.05, 0) is 55.8 Å². The molecule has 0 saturated carbocycles. The highest BCUT2D eigenvalue weighted by Gasteiger charge is 2.22. The Balaban J connectivity index is 1.55. The Morgan fingerprint density at radius 1 is 1.10 bits per heavy atom. The van der Waals surface area contributed by atoms with E-state index in [1.54, 1.807) is 42.2 Å². The number of aromatic nitrogens is 1. The second-order valence-corrected chi connectivity index (χ2v) is 8.28. The number of amides is 2. The molecule has 2 heterocycles. The van der Waals surface area contributed by atoms with Crippen LogP contribution < -0.4 is 5.32 Å². The molecule has 31 heavy (non-hydrogen) atoms. The molecule has 2 aromatic carbocycles. The molecule has 3 aromatic rings. The van der Waals surface area contributed by atoms with Crippen LogP contribution in [-0.4, -0.2) is 48.0 Å². The Hall–Kier alpha value is -3.10. The smallest absolute Gasteiger partial charge is 0.267 e. The average molecular weight is 440 g/mol. The Bertz CT molecular complexity index is 1120. The third kappa shape index (κ3) is 4.50. The second-order valence-electron chi connectivity index (χ2n) is 7.28. The monoisotopic (exact) mass is 439 g/mol. The van der Waals surface area contributed by atoms with Gasteiger partial charge in [-0.25, -0.2) is 9.37 Å². The standard InChI is InChI=1S/C23H22FN3O3S/c1-14-18(23(29)27-10-12-30-13-11-27)4-3-5-19(14)26-21(28)20-15(2)25-22(31-20)16-6-8-17(24)9-7-16/h3-9H,10-13H2,1-2H3,(H,26,28). The summed E-state index contributed by atoms with van der Waals surface area (Å²) in [5.74, 6) is -0.677. The van der Waals surface area contributed by atoms with Crippen molar-refractivity contribution < 1.29 is 18.7 Å². The van der Waals surface area contributed by atoms with Crippen LogP contribution >= 0.6 is 11.3 Å². The molecule has 0 spiro atoms. The second kappa shape index (κ2) is 8.95. The van der Waals surface area contributed by atoms with Crippen molar-refractivity contribution in [3.8, 4) is 10.6 Å². The number of rotatable bonds is 4. The fraction of sp³-hybridized carbons (Fsp3) is 0.261. The van der Waals surface area contributed by atoms with Gasteiger partial charge in [0, 0.05) is 29.9 Å². The summed E-state index contributed by atoms with van der Waals surface area (Å²) in [5.41, 5.74) is 3.21. The van der Waals surface area contributed by atoms with E-state index in [1.807, 2.05) is 6.92 Å². The van der Waals surface area contributed by atoms with E-state index in [9.17, 15) is 14.0 Å². The topological polar surface area (TPSA) is 71.5 Å². The molecule has 1 aliphatic heterocycles. The van der Waals surface area contributed by atoms with Crippen LogP contribution in [0.2, 0.25) is 0 Å². The summed E-state index contributed by atoms with van der Waals surface area (Å²) in [5, 5.41) is 3.56. The summed E-state index contributed by atoms with van der Waals surface area (Å²) in [6, 6.07) is 11.3.